The van der Waals surface area contributed by atoms with Crippen LogP contribution in [0.25, 0.3) is 0 Å². The molecule has 0 spiro atoms. The number of allylic oxidation sites excluding steroid dienone is 2. The molecule has 120 valence electrons. The van der Waals surface area contributed by atoms with Crippen LogP contribution >= 0.6 is 0 Å². The Kier molecular flexibility index (Phi) is 4.14. The van der Waals surface area contributed by atoms with Gasteiger partial charge in [-0.05, 0) is 31.9 Å². The number of hydrogen-bond donors (Lipinski definition) is 1. The van der Waals surface area contributed by atoms with Crippen molar-refractivity contribution in [1.82, 2.24) is 10.4 Å². The number of hydrazine groups is 1. The molecular formula is C17H18N2O4. The van der Waals surface area contributed by atoms with Gasteiger partial charge in [0.1, 0.15) is 5.75 Å². The Hall–Kier alpha value is -2.63. The predicted octanol–water partition coefficient (Wildman–Crippen LogP) is 1.68. The molecule has 2 atom stereocenters. The van der Waals surface area contributed by atoms with Crippen molar-refractivity contribution in [3.05, 3.63) is 42.0 Å². The van der Waals surface area contributed by atoms with Gasteiger partial charge in [-0.25, -0.2) is 0 Å². The Labute approximate surface area is 134 Å². The molecule has 23 heavy (non-hydrogen) atoms. The summed E-state index contributed by atoms with van der Waals surface area (Å²) in [6.07, 6.45) is 4.89. The Morgan fingerprint density at radius 1 is 1.17 bits per heavy atom. The number of rotatable bonds is 4. The second-order valence-electron chi connectivity index (χ2n) is 5.54. The maximum absolute atomic E-state index is 12.4. The number of fused-ring (bicyclic) bond motifs is 1. The fraction of sp³-hybridized carbons (Fsp3) is 0.353. The predicted molar refractivity (Wildman–Crippen MR) is 82.3 cm³/mol. The summed E-state index contributed by atoms with van der Waals surface area (Å²) in [4.78, 5) is 37.1. The van der Waals surface area contributed by atoms with E-state index >= 15 is 0 Å². The van der Waals surface area contributed by atoms with E-state index in [1.165, 1.54) is 0 Å². The SMILES string of the molecule is CCOc1ccccc1C(=O)NN1C(=O)[C@H]2CC=CC[C@H]2C1=O. The number of benzene rings is 1. The molecule has 1 aromatic carbocycles. The summed E-state index contributed by atoms with van der Waals surface area (Å²) in [7, 11) is 0. The minimum Gasteiger partial charge on any atom is -0.493 e. The molecule has 3 amide bonds. The molecule has 1 N–H and O–H groups in total. The summed E-state index contributed by atoms with van der Waals surface area (Å²) >= 11 is 0. The van der Waals surface area contributed by atoms with Gasteiger partial charge < -0.3 is 4.74 Å². The van der Waals surface area contributed by atoms with E-state index in [0.29, 0.717) is 30.8 Å². The van der Waals surface area contributed by atoms with Crippen molar-refractivity contribution < 1.29 is 19.1 Å². The Morgan fingerprint density at radius 2 is 1.78 bits per heavy atom. The highest BCUT2D eigenvalue weighted by molar-refractivity contribution is 6.08. The second-order valence-corrected chi connectivity index (χ2v) is 5.54. The Balaban J connectivity index is 1.78. The van der Waals surface area contributed by atoms with E-state index in [4.69, 9.17) is 4.74 Å². The van der Waals surface area contributed by atoms with E-state index in [1.807, 2.05) is 19.1 Å². The first-order chi connectivity index (χ1) is 11.1. The van der Waals surface area contributed by atoms with E-state index in [1.54, 1.807) is 24.3 Å². The minimum atomic E-state index is -0.526. The van der Waals surface area contributed by atoms with Crippen molar-refractivity contribution in [3.63, 3.8) is 0 Å². The average Bonchev–Trinajstić information content (AvgIpc) is 2.81. The van der Waals surface area contributed by atoms with Crippen molar-refractivity contribution in [1.29, 1.82) is 0 Å². The van der Waals surface area contributed by atoms with Crippen molar-refractivity contribution in [2.24, 2.45) is 11.8 Å². The smallest absolute Gasteiger partial charge is 0.274 e. The lowest BCUT2D eigenvalue weighted by atomic mass is 9.85. The molecule has 1 aliphatic heterocycles. The topological polar surface area (TPSA) is 75.7 Å². The minimum absolute atomic E-state index is 0.294. The zero-order chi connectivity index (χ0) is 16.4. The molecule has 1 aromatic rings. The van der Waals surface area contributed by atoms with E-state index in [2.05, 4.69) is 5.43 Å². The van der Waals surface area contributed by atoms with Crippen LogP contribution in [0.2, 0.25) is 0 Å². The number of nitrogens with one attached hydrogen (secondary N) is 1. The third-order valence-corrected chi connectivity index (χ3v) is 4.15. The molecule has 6 heteroatoms. The second kappa shape index (κ2) is 6.24. The van der Waals surface area contributed by atoms with Crippen LogP contribution in [-0.4, -0.2) is 29.3 Å². The summed E-state index contributed by atoms with van der Waals surface area (Å²) in [6, 6.07) is 6.73. The third-order valence-electron chi connectivity index (χ3n) is 4.15. The number of para-hydroxylation sites is 1. The van der Waals surface area contributed by atoms with Crippen molar-refractivity contribution in [2.75, 3.05) is 6.61 Å². The molecule has 0 bridgehead atoms. The number of carbonyl (C=O) groups excluding carboxylic acids is 3. The highest BCUT2D eigenvalue weighted by Crippen LogP contribution is 2.34. The van der Waals surface area contributed by atoms with Crippen LogP contribution in [0.3, 0.4) is 0 Å². The zero-order valence-electron chi connectivity index (χ0n) is 12.8. The number of amides is 3. The molecule has 0 unspecified atom stereocenters. The molecular weight excluding hydrogens is 296 g/mol. The number of carbonyl (C=O) groups is 3. The van der Waals surface area contributed by atoms with E-state index in [-0.39, 0.29) is 23.7 Å². The van der Waals surface area contributed by atoms with Gasteiger partial charge >= 0.3 is 0 Å². The van der Waals surface area contributed by atoms with Gasteiger partial charge in [0.2, 0.25) is 0 Å². The Morgan fingerprint density at radius 3 is 2.39 bits per heavy atom. The summed E-state index contributed by atoms with van der Waals surface area (Å²) in [6.45, 7) is 2.24. The molecule has 0 saturated carbocycles. The number of hydrogen-bond acceptors (Lipinski definition) is 4. The van der Waals surface area contributed by atoms with Gasteiger partial charge in [-0.15, -0.1) is 0 Å². The fourth-order valence-corrected chi connectivity index (χ4v) is 3.01. The van der Waals surface area contributed by atoms with Gasteiger partial charge in [0.15, 0.2) is 0 Å². The van der Waals surface area contributed by atoms with Crippen LogP contribution < -0.4 is 10.2 Å². The van der Waals surface area contributed by atoms with Crippen molar-refractivity contribution in [2.45, 2.75) is 19.8 Å². The first-order valence-corrected chi connectivity index (χ1v) is 7.69. The van der Waals surface area contributed by atoms with E-state index in [9.17, 15) is 14.4 Å². The van der Waals surface area contributed by atoms with Gasteiger partial charge in [-0.1, -0.05) is 24.3 Å². The lowest BCUT2D eigenvalue weighted by Gasteiger charge is -2.17. The number of nitrogens with zero attached hydrogens (tertiary/aromatic N) is 1. The monoisotopic (exact) mass is 314 g/mol. The standard InChI is InChI=1S/C17H18N2O4/c1-2-23-14-10-6-5-9-13(14)15(20)18-19-16(21)11-7-3-4-8-12(11)17(19)22/h3-6,9-12H,2,7-8H2,1H3,(H,18,20)/t11-,12+. The van der Waals surface area contributed by atoms with E-state index in [0.717, 1.165) is 5.01 Å². The molecule has 1 aliphatic carbocycles. The first kappa shape index (κ1) is 15.3. The number of imide groups is 1. The molecule has 6 nitrogen and oxygen atoms in total. The molecule has 1 fully saturated rings. The van der Waals surface area contributed by atoms with Crippen LogP contribution in [0.5, 0.6) is 5.75 Å². The first-order valence-electron chi connectivity index (χ1n) is 7.69. The van der Waals surface area contributed by atoms with Crippen LogP contribution in [0.4, 0.5) is 0 Å². The normalized spacial score (nSPS) is 22.9. The van der Waals surface area contributed by atoms with Crippen LogP contribution in [0.15, 0.2) is 36.4 Å². The van der Waals surface area contributed by atoms with Gasteiger partial charge in [-0.2, -0.15) is 5.01 Å². The molecule has 1 heterocycles. The molecule has 1 saturated heterocycles. The van der Waals surface area contributed by atoms with Gasteiger partial charge in [-0.3, -0.25) is 19.8 Å². The average molecular weight is 314 g/mol. The zero-order valence-corrected chi connectivity index (χ0v) is 12.8. The van der Waals surface area contributed by atoms with Crippen LogP contribution in [0, 0.1) is 11.8 Å². The molecule has 0 aromatic heterocycles. The third kappa shape index (κ3) is 2.72. The molecule has 2 aliphatic rings. The highest BCUT2D eigenvalue weighted by atomic mass is 16.5. The van der Waals surface area contributed by atoms with Crippen molar-refractivity contribution >= 4 is 17.7 Å². The van der Waals surface area contributed by atoms with Gasteiger partial charge in [0.05, 0.1) is 24.0 Å². The summed E-state index contributed by atoms with van der Waals surface area (Å²) in [5, 5.41) is 0.868. The summed E-state index contributed by atoms with van der Waals surface area (Å²) in [5.74, 6) is -1.52. The number of ether oxygens (including phenoxy) is 1. The van der Waals surface area contributed by atoms with Crippen molar-refractivity contribution in [3.8, 4) is 5.75 Å². The highest BCUT2D eigenvalue weighted by Gasteiger charge is 2.48. The summed E-state index contributed by atoms with van der Waals surface area (Å²) < 4.78 is 5.41. The van der Waals surface area contributed by atoms with Crippen LogP contribution in [0.1, 0.15) is 30.1 Å². The lowest BCUT2D eigenvalue weighted by Crippen LogP contribution is -2.46. The maximum atomic E-state index is 12.4. The van der Waals surface area contributed by atoms with E-state index < -0.39 is 5.91 Å². The summed E-state index contributed by atoms with van der Waals surface area (Å²) in [5.41, 5.74) is 2.73. The largest absolute Gasteiger partial charge is 0.493 e. The van der Waals surface area contributed by atoms with Crippen LogP contribution in [-0.2, 0) is 9.59 Å². The maximum Gasteiger partial charge on any atom is 0.274 e. The fourth-order valence-electron chi connectivity index (χ4n) is 3.01. The Bertz CT molecular complexity index is 657. The molecule has 0 radical (unpaired) electrons. The lowest BCUT2D eigenvalue weighted by molar-refractivity contribution is -0.142. The van der Waals surface area contributed by atoms with Gasteiger partial charge in [0.25, 0.3) is 17.7 Å². The van der Waals surface area contributed by atoms with Gasteiger partial charge in [0, 0.05) is 0 Å². The quantitative estimate of drug-likeness (QED) is 0.678. The molecule has 3 rings (SSSR count).